The summed E-state index contributed by atoms with van der Waals surface area (Å²) >= 11 is 3.40. The van der Waals surface area contributed by atoms with Crippen LogP contribution in [0.4, 0.5) is 11.4 Å². The lowest BCUT2D eigenvalue weighted by Crippen LogP contribution is -2.21. The third kappa shape index (κ3) is 6.16. The van der Waals surface area contributed by atoms with Crippen molar-refractivity contribution in [2.24, 2.45) is 0 Å². The van der Waals surface area contributed by atoms with E-state index in [0.717, 1.165) is 15.7 Å². The summed E-state index contributed by atoms with van der Waals surface area (Å²) in [6.45, 7) is 6.34. The molecule has 2 N–H and O–H groups in total. The molecule has 2 aromatic carbocycles. The molecule has 0 fully saturated rings. The molecule has 2 rings (SSSR count). The van der Waals surface area contributed by atoms with E-state index < -0.39 is 0 Å². The summed E-state index contributed by atoms with van der Waals surface area (Å²) in [4.78, 5) is 12.0. The van der Waals surface area contributed by atoms with Crippen molar-refractivity contribution in [3.8, 4) is 5.75 Å². The lowest BCUT2D eigenvalue weighted by atomic mass is 10.3. The third-order valence-corrected chi connectivity index (χ3v) is 3.37. The molecule has 0 saturated carbocycles. The fourth-order valence-corrected chi connectivity index (χ4v) is 2.26. The van der Waals surface area contributed by atoms with Crippen LogP contribution < -0.4 is 15.4 Å². The van der Waals surface area contributed by atoms with E-state index in [9.17, 15) is 4.79 Å². The van der Waals surface area contributed by atoms with Crippen LogP contribution in [-0.4, -0.2) is 19.1 Å². The Labute approximate surface area is 144 Å². The molecule has 0 aliphatic carbocycles. The number of carbonyl (C=O) groups is 1. The quantitative estimate of drug-likeness (QED) is 0.703. The van der Waals surface area contributed by atoms with E-state index in [2.05, 4.69) is 33.1 Å². The number of hydrogen-bond donors (Lipinski definition) is 2. The second-order valence-corrected chi connectivity index (χ2v) is 6.10. The highest BCUT2D eigenvalue weighted by atomic mass is 79.9. The van der Waals surface area contributed by atoms with Gasteiger partial charge in [-0.05, 0) is 42.8 Å². The summed E-state index contributed by atoms with van der Waals surface area (Å²) in [5.74, 6) is 0.577. The molecule has 0 aliphatic rings. The summed E-state index contributed by atoms with van der Waals surface area (Å²) in [6, 6.07) is 15.0. The molecule has 0 aromatic heterocycles. The van der Waals surface area contributed by atoms with Crippen LogP contribution >= 0.6 is 15.9 Å². The Morgan fingerprint density at radius 1 is 1.17 bits per heavy atom. The number of benzene rings is 2. The highest BCUT2D eigenvalue weighted by Crippen LogP contribution is 2.18. The molecular weight excluding hydrogens is 356 g/mol. The Bertz CT molecular complexity index is 701. The van der Waals surface area contributed by atoms with Gasteiger partial charge in [-0.15, -0.1) is 0 Å². The molecule has 0 heterocycles. The van der Waals surface area contributed by atoms with Gasteiger partial charge in [0.1, 0.15) is 12.4 Å². The summed E-state index contributed by atoms with van der Waals surface area (Å²) in [7, 11) is 0. The van der Waals surface area contributed by atoms with E-state index in [4.69, 9.17) is 4.74 Å². The van der Waals surface area contributed by atoms with E-state index in [0.29, 0.717) is 18.0 Å². The normalized spacial score (nSPS) is 10.0. The van der Waals surface area contributed by atoms with Crippen LogP contribution in [-0.2, 0) is 4.79 Å². The molecule has 0 spiro atoms. The minimum absolute atomic E-state index is 0.123. The zero-order chi connectivity index (χ0) is 16.7. The van der Waals surface area contributed by atoms with Crippen LogP contribution in [0.15, 0.2) is 65.2 Å². The average Bonchev–Trinajstić information content (AvgIpc) is 2.51. The number of ether oxygens (including phenoxy) is 1. The van der Waals surface area contributed by atoms with Gasteiger partial charge in [0.2, 0.25) is 5.91 Å². The highest BCUT2D eigenvalue weighted by Gasteiger charge is 2.04. The predicted molar refractivity (Wildman–Crippen MR) is 98.0 cm³/mol. The molecule has 2 aromatic rings. The Morgan fingerprint density at radius 2 is 1.91 bits per heavy atom. The van der Waals surface area contributed by atoms with Crippen molar-refractivity contribution < 1.29 is 9.53 Å². The average molecular weight is 375 g/mol. The predicted octanol–water partition coefficient (Wildman–Crippen LogP) is 4.45. The molecule has 23 heavy (non-hydrogen) atoms. The number of halogens is 1. The van der Waals surface area contributed by atoms with Crippen LogP contribution in [0.3, 0.4) is 0 Å². The van der Waals surface area contributed by atoms with Gasteiger partial charge in [-0.2, -0.15) is 0 Å². The molecule has 0 unspecified atom stereocenters. The van der Waals surface area contributed by atoms with Crippen LogP contribution in [0, 0.1) is 0 Å². The maximum Gasteiger partial charge on any atom is 0.243 e. The van der Waals surface area contributed by atoms with Gasteiger partial charge in [0.05, 0.1) is 6.54 Å². The van der Waals surface area contributed by atoms with E-state index in [1.807, 2.05) is 49.4 Å². The van der Waals surface area contributed by atoms with Crippen LogP contribution in [0.2, 0.25) is 0 Å². The van der Waals surface area contributed by atoms with Crippen molar-refractivity contribution >= 4 is 33.2 Å². The van der Waals surface area contributed by atoms with Gasteiger partial charge in [0.25, 0.3) is 0 Å². The number of amides is 1. The highest BCUT2D eigenvalue weighted by molar-refractivity contribution is 9.10. The summed E-state index contributed by atoms with van der Waals surface area (Å²) < 4.78 is 6.52. The third-order valence-electron chi connectivity index (χ3n) is 2.88. The van der Waals surface area contributed by atoms with E-state index in [-0.39, 0.29) is 12.5 Å². The summed E-state index contributed by atoms with van der Waals surface area (Å²) in [6.07, 6.45) is 0. The van der Waals surface area contributed by atoms with E-state index >= 15 is 0 Å². The molecule has 5 heteroatoms. The zero-order valence-corrected chi connectivity index (χ0v) is 14.5. The van der Waals surface area contributed by atoms with Gasteiger partial charge < -0.3 is 15.4 Å². The van der Waals surface area contributed by atoms with Crippen LogP contribution in [0.1, 0.15) is 6.92 Å². The van der Waals surface area contributed by atoms with Gasteiger partial charge in [-0.3, -0.25) is 4.79 Å². The lowest BCUT2D eigenvalue weighted by Gasteiger charge is -2.10. The molecule has 0 atom stereocenters. The maximum absolute atomic E-state index is 12.0. The Morgan fingerprint density at radius 3 is 2.65 bits per heavy atom. The van der Waals surface area contributed by atoms with Gasteiger partial charge in [0.15, 0.2) is 0 Å². The number of carbonyl (C=O) groups excluding carboxylic acids is 1. The van der Waals surface area contributed by atoms with Crippen molar-refractivity contribution in [3.05, 3.63) is 65.2 Å². The fraction of sp³-hybridized carbons (Fsp3) is 0.167. The zero-order valence-electron chi connectivity index (χ0n) is 12.9. The van der Waals surface area contributed by atoms with Crippen molar-refractivity contribution in [3.63, 3.8) is 0 Å². The van der Waals surface area contributed by atoms with Crippen molar-refractivity contribution in [2.45, 2.75) is 6.92 Å². The van der Waals surface area contributed by atoms with Crippen molar-refractivity contribution in [2.75, 3.05) is 23.8 Å². The molecule has 1 amide bonds. The molecule has 0 aliphatic heterocycles. The molecule has 4 nitrogen and oxygen atoms in total. The number of hydrogen-bond acceptors (Lipinski definition) is 3. The molecule has 0 saturated heterocycles. The lowest BCUT2D eigenvalue weighted by molar-refractivity contribution is -0.114. The van der Waals surface area contributed by atoms with Gasteiger partial charge in [-0.25, -0.2) is 0 Å². The largest absolute Gasteiger partial charge is 0.489 e. The van der Waals surface area contributed by atoms with Crippen LogP contribution in [0.5, 0.6) is 5.75 Å². The van der Waals surface area contributed by atoms with Gasteiger partial charge >= 0.3 is 0 Å². The van der Waals surface area contributed by atoms with Crippen LogP contribution in [0.25, 0.3) is 0 Å². The first-order chi connectivity index (χ1) is 11.0. The fourth-order valence-electron chi connectivity index (χ4n) is 1.86. The monoisotopic (exact) mass is 374 g/mol. The standard InChI is InChI=1S/C18H19BrN2O2/c1-13(2)12-23-17-8-4-7-16(10-17)21-18(22)11-20-15-6-3-5-14(19)9-15/h3-10,20H,1,11-12H2,2H3,(H,21,22). The minimum Gasteiger partial charge on any atom is -0.489 e. The molecule has 0 radical (unpaired) electrons. The van der Waals surface area contributed by atoms with E-state index in [1.54, 1.807) is 6.07 Å². The number of rotatable bonds is 7. The summed E-state index contributed by atoms with van der Waals surface area (Å²) in [5.41, 5.74) is 2.52. The Balaban J connectivity index is 1.87. The SMILES string of the molecule is C=C(C)COc1cccc(NC(=O)CNc2cccc(Br)c2)c1. The maximum atomic E-state index is 12.0. The molecule has 0 bridgehead atoms. The molecular formula is C18H19BrN2O2. The first-order valence-corrected chi connectivity index (χ1v) is 7.99. The van der Waals surface area contributed by atoms with Gasteiger partial charge in [0, 0.05) is 21.9 Å². The summed E-state index contributed by atoms with van der Waals surface area (Å²) in [5, 5.41) is 5.91. The number of anilines is 2. The first-order valence-electron chi connectivity index (χ1n) is 7.19. The van der Waals surface area contributed by atoms with Gasteiger partial charge in [-0.1, -0.05) is 34.6 Å². The Kier molecular flexibility index (Phi) is 6.23. The van der Waals surface area contributed by atoms with Crippen molar-refractivity contribution in [1.82, 2.24) is 0 Å². The topological polar surface area (TPSA) is 50.4 Å². The van der Waals surface area contributed by atoms with Crippen molar-refractivity contribution in [1.29, 1.82) is 0 Å². The first kappa shape index (κ1) is 17.1. The smallest absolute Gasteiger partial charge is 0.243 e. The second-order valence-electron chi connectivity index (χ2n) is 5.19. The molecule has 120 valence electrons. The minimum atomic E-state index is -0.123. The Hall–Kier alpha value is -2.27. The van der Waals surface area contributed by atoms with E-state index in [1.165, 1.54) is 0 Å². The second kappa shape index (κ2) is 8.39. The number of nitrogens with one attached hydrogen (secondary N) is 2.